The molecule has 10 heteroatoms. The summed E-state index contributed by atoms with van der Waals surface area (Å²) in [6.45, 7) is 3.85. The molecule has 26 heavy (non-hydrogen) atoms. The molecule has 1 aromatic carbocycles. The molecule has 1 atom stereocenters. The minimum atomic E-state index is -1.19. The molecule has 0 unspecified atom stereocenters. The van der Waals surface area contributed by atoms with Crippen LogP contribution in [0.1, 0.15) is 18.3 Å². The zero-order valence-electron chi connectivity index (χ0n) is 14.4. The van der Waals surface area contributed by atoms with Gasteiger partial charge in [-0.3, -0.25) is 24.4 Å². The number of aromatic nitrogens is 2. The molecular formula is C16H17FN4O5. The Morgan fingerprint density at radius 1 is 1.38 bits per heavy atom. The second-order valence-electron chi connectivity index (χ2n) is 5.54. The molecule has 1 N–H and O–H groups in total. The van der Waals surface area contributed by atoms with Gasteiger partial charge in [-0.15, -0.1) is 0 Å². The molecule has 0 fully saturated rings. The standard InChI is InChI=1S/C16H17FN4O5/c1-9-15(21(24)25)10(2)20(19-9)8-14(22)26-11(3)16(23)18-13-7-5-4-6-12(13)17/h4-7,11H,8H2,1-3H3,(H,18,23)/t11-/m0/s1. The molecular weight excluding hydrogens is 347 g/mol. The van der Waals surface area contributed by atoms with Gasteiger partial charge < -0.3 is 10.1 Å². The largest absolute Gasteiger partial charge is 0.451 e. The summed E-state index contributed by atoms with van der Waals surface area (Å²) in [5.74, 6) is -2.13. The summed E-state index contributed by atoms with van der Waals surface area (Å²) in [7, 11) is 0. The molecule has 1 aromatic heterocycles. The Hall–Kier alpha value is -3.30. The molecule has 138 valence electrons. The average Bonchev–Trinajstić information content (AvgIpc) is 2.83. The van der Waals surface area contributed by atoms with E-state index < -0.39 is 35.3 Å². The summed E-state index contributed by atoms with van der Waals surface area (Å²) in [6, 6.07) is 5.58. The first kappa shape index (κ1) is 19.0. The summed E-state index contributed by atoms with van der Waals surface area (Å²) < 4.78 is 19.6. The first-order chi connectivity index (χ1) is 12.2. The van der Waals surface area contributed by atoms with E-state index in [0.717, 1.165) is 4.68 Å². The smallest absolute Gasteiger partial charge is 0.328 e. The summed E-state index contributed by atoms with van der Waals surface area (Å²) in [5.41, 5.74) is 0.163. The van der Waals surface area contributed by atoms with Crippen LogP contribution in [-0.4, -0.2) is 32.7 Å². The fourth-order valence-electron chi connectivity index (χ4n) is 2.31. The predicted molar refractivity (Wildman–Crippen MR) is 88.9 cm³/mol. The normalized spacial score (nSPS) is 11.7. The molecule has 0 aliphatic heterocycles. The number of nitrogens with zero attached hydrogens (tertiary/aromatic N) is 3. The minimum absolute atomic E-state index is 0.0328. The van der Waals surface area contributed by atoms with E-state index in [9.17, 15) is 24.1 Å². The molecule has 2 rings (SSSR count). The van der Waals surface area contributed by atoms with Crippen LogP contribution in [0.4, 0.5) is 15.8 Å². The minimum Gasteiger partial charge on any atom is -0.451 e. The van der Waals surface area contributed by atoms with E-state index in [1.807, 2.05) is 0 Å². The van der Waals surface area contributed by atoms with Crippen LogP contribution in [0.15, 0.2) is 24.3 Å². The number of ether oxygens (including phenoxy) is 1. The Kier molecular flexibility index (Phi) is 5.65. The monoisotopic (exact) mass is 364 g/mol. The Bertz CT molecular complexity index is 864. The number of benzene rings is 1. The lowest BCUT2D eigenvalue weighted by Gasteiger charge is -2.14. The maximum absolute atomic E-state index is 13.5. The van der Waals surface area contributed by atoms with Crippen LogP contribution < -0.4 is 5.32 Å². The Balaban J connectivity index is 1.99. The molecule has 0 spiro atoms. The van der Waals surface area contributed by atoms with Gasteiger partial charge in [-0.1, -0.05) is 12.1 Å². The van der Waals surface area contributed by atoms with Crippen LogP contribution in [0.5, 0.6) is 0 Å². The van der Waals surface area contributed by atoms with E-state index in [0.29, 0.717) is 0 Å². The van der Waals surface area contributed by atoms with Gasteiger partial charge in [-0.2, -0.15) is 5.10 Å². The maximum atomic E-state index is 13.5. The van der Waals surface area contributed by atoms with Crippen molar-refractivity contribution in [2.45, 2.75) is 33.4 Å². The number of para-hydroxylation sites is 1. The molecule has 0 aliphatic rings. The van der Waals surface area contributed by atoms with Crippen LogP contribution in [0, 0.1) is 29.8 Å². The summed E-state index contributed by atoms with van der Waals surface area (Å²) in [5, 5.41) is 17.2. The fraction of sp³-hybridized carbons (Fsp3) is 0.312. The van der Waals surface area contributed by atoms with Gasteiger partial charge in [0, 0.05) is 0 Å². The maximum Gasteiger partial charge on any atom is 0.328 e. The predicted octanol–water partition coefficient (Wildman–Crippen LogP) is 2.12. The van der Waals surface area contributed by atoms with Crippen molar-refractivity contribution >= 4 is 23.3 Å². The van der Waals surface area contributed by atoms with Crippen LogP contribution >= 0.6 is 0 Å². The molecule has 2 aromatic rings. The number of anilines is 1. The number of carbonyl (C=O) groups is 2. The van der Waals surface area contributed by atoms with Gasteiger partial charge >= 0.3 is 11.7 Å². The van der Waals surface area contributed by atoms with Gasteiger partial charge in [0.2, 0.25) is 0 Å². The molecule has 1 heterocycles. The van der Waals surface area contributed by atoms with Crippen LogP contribution in [0.3, 0.4) is 0 Å². The average molecular weight is 364 g/mol. The van der Waals surface area contributed by atoms with Crippen molar-refractivity contribution in [3.8, 4) is 0 Å². The van der Waals surface area contributed by atoms with E-state index >= 15 is 0 Å². The third-order valence-electron chi connectivity index (χ3n) is 3.61. The van der Waals surface area contributed by atoms with Gasteiger partial charge in [-0.05, 0) is 32.9 Å². The summed E-state index contributed by atoms with van der Waals surface area (Å²) in [6.07, 6.45) is -1.19. The number of aryl methyl sites for hydroxylation is 1. The van der Waals surface area contributed by atoms with Crippen molar-refractivity contribution in [1.82, 2.24) is 9.78 Å². The number of carbonyl (C=O) groups excluding carboxylic acids is 2. The number of halogens is 1. The summed E-state index contributed by atoms with van der Waals surface area (Å²) >= 11 is 0. The van der Waals surface area contributed by atoms with Crippen LogP contribution in [-0.2, 0) is 20.9 Å². The van der Waals surface area contributed by atoms with Crippen LogP contribution in [0.2, 0.25) is 0 Å². The van der Waals surface area contributed by atoms with E-state index in [4.69, 9.17) is 4.74 Å². The molecule has 9 nitrogen and oxygen atoms in total. The van der Waals surface area contributed by atoms with E-state index in [1.165, 1.54) is 39.0 Å². The highest BCUT2D eigenvalue weighted by molar-refractivity contribution is 5.95. The van der Waals surface area contributed by atoms with Crippen molar-refractivity contribution in [2.75, 3.05) is 5.32 Å². The zero-order valence-corrected chi connectivity index (χ0v) is 14.4. The lowest BCUT2D eigenvalue weighted by molar-refractivity contribution is -0.386. The number of nitro groups is 1. The SMILES string of the molecule is Cc1nn(CC(=O)O[C@@H](C)C(=O)Nc2ccccc2F)c(C)c1[N+](=O)[O-]. The third kappa shape index (κ3) is 4.21. The van der Waals surface area contributed by atoms with Gasteiger partial charge in [0.15, 0.2) is 6.10 Å². The van der Waals surface area contributed by atoms with Gasteiger partial charge in [0.1, 0.15) is 23.7 Å². The fourth-order valence-corrected chi connectivity index (χ4v) is 2.31. The van der Waals surface area contributed by atoms with Gasteiger partial charge in [0.25, 0.3) is 5.91 Å². The number of amides is 1. The van der Waals surface area contributed by atoms with Crippen molar-refractivity contribution in [3.05, 3.63) is 51.6 Å². The molecule has 0 aliphatic carbocycles. The topological polar surface area (TPSA) is 116 Å². The highest BCUT2D eigenvalue weighted by Crippen LogP contribution is 2.21. The van der Waals surface area contributed by atoms with Crippen molar-refractivity contribution < 1.29 is 23.6 Å². The molecule has 1 amide bonds. The van der Waals surface area contributed by atoms with Crippen LogP contribution in [0.25, 0.3) is 0 Å². The number of hydrogen-bond acceptors (Lipinski definition) is 6. The Morgan fingerprint density at radius 3 is 2.62 bits per heavy atom. The molecule has 0 bridgehead atoms. The van der Waals surface area contributed by atoms with Crippen molar-refractivity contribution in [1.29, 1.82) is 0 Å². The lowest BCUT2D eigenvalue weighted by Crippen LogP contribution is -2.31. The third-order valence-corrected chi connectivity index (χ3v) is 3.61. The van der Waals surface area contributed by atoms with E-state index in [1.54, 1.807) is 6.07 Å². The van der Waals surface area contributed by atoms with Crippen molar-refractivity contribution in [3.63, 3.8) is 0 Å². The van der Waals surface area contributed by atoms with Crippen molar-refractivity contribution in [2.24, 2.45) is 0 Å². The highest BCUT2D eigenvalue weighted by Gasteiger charge is 2.24. The number of rotatable bonds is 6. The zero-order chi connectivity index (χ0) is 19.4. The molecule has 0 saturated heterocycles. The Labute approximate surface area is 147 Å². The first-order valence-corrected chi connectivity index (χ1v) is 7.64. The number of hydrogen-bond donors (Lipinski definition) is 1. The first-order valence-electron chi connectivity index (χ1n) is 7.64. The highest BCUT2D eigenvalue weighted by atomic mass is 19.1. The summed E-state index contributed by atoms with van der Waals surface area (Å²) in [4.78, 5) is 34.4. The Morgan fingerprint density at radius 2 is 2.04 bits per heavy atom. The molecule has 0 saturated carbocycles. The molecule has 0 radical (unpaired) electrons. The van der Waals surface area contributed by atoms with Gasteiger partial charge in [0.05, 0.1) is 10.6 Å². The van der Waals surface area contributed by atoms with E-state index in [2.05, 4.69) is 10.4 Å². The second-order valence-corrected chi connectivity index (χ2v) is 5.54. The lowest BCUT2D eigenvalue weighted by atomic mass is 10.3. The second kappa shape index (κ2) is 7.72. The number of nitrogens with one attached hydrogen (secondary N) is 1. The van der Waals surface area contributed by atoms with E-state index in [-0.39, 0.29) is 22.8 Å². The van der Waals surface area contributed by atoms with Gasteiger partial charge in [-0.25, -0.2) is 4.39 Å². The number of esters is 1. The quantitative estimate of drug-likeness (QED) is 0.477.